The highest BCUT2D eigenvalue weighted by molar-refractivity contribution is 5.76. The number of aryl methyl sites for hydroxylation is 1. The summed E-state index contributed by atoms with van der Waals surface area (Å²) < 4.78 is 0. The van der Waals surface area contributed by atoms with Gasteiger partial charge >= 0.3 is 0 Å². The zero-order valence-electron chi connectivity index (χ0n) is 15.0. The molecule has 2 aromatic rings. The fraction of sp³-hybridized carbons (Fsp3) is 0.526. The Kier molecular flexibility index (Phi) is 5.48. The molecule has 0 aliphatic carbocycles. The number of nitrogens with one attached hydrogen (secondary N) is 1. The topological polar surface area (TPSA) is 69.3 Å². The Morgan fingerprint density at radius 2 is 1.96 bits per heavy atom. The highest BCUT2D eigenvalue weighted by Crippen LogP contribution is 2.14. The number of rotatable bonds is 5. The van der Waals surface area contributed by atoms with Gasteiger partial charge in [0.25, 0.3) is 5.56 Å². The van der Waals surface area contributed by atoms with E-state index in [1.165, 1.54) is 0 Å². The van der Waals surface area contributed by atoms with Crippen LogP contribution in [0.4, 0.5) is 0 Å². The van der Waals surface area contributed by atoms with Gasteiger partial charge in [0, 0.05) is 50.9 Å². The van der Waals surface area contributed by atoms with Crippen molar-refractivity contribution in [2.45, 2.75) is 39.7 Å². The van der Waals surface area contributed by atoms with E-state index in [4.69, 9.17) is 0 Å². The number of aromatic nitrogens is 2. The number of hydrogen-bond donors (Lipinski definition) is 1. The maximum absolute atomic E-state index is 12.0. The Bertz CT molecular complexity index is 807. The lowest BCUT2D eigenvalue weighted by Crippen LogP contribution is -2.48. The summed E-state index contributed by atoms with van der Waals surface area (Å²) in [4.78, 5) is 35.7. The molecule has 6 heteroatoms. The highest BCUT2D eigenvalue weighted by atomic mass is 16.2. The number of fused-ring (bicyclic) bond motifs is 1. The second kappa shape index (κ2) is 7.78. The molecule has 2 aromatic heterocycles. The van der Waals surface area contributed by atoms with Crippen molar-refractivity contribution in [2.24, 2.45) is 0 Å². The zero-order valence-corrected chi connectivity index (χ0v) is 15.0. The summed E-state index contributed by atoms with van der Waals surface area (Å²) in [5, 5.41) is 0. The average Bonchev–Trinajstić information content (AvgIpc) is 2.62. The lowest BCUT2D eigenvalue weighted by Gasteiger charge is -2.34. The van der Waals surface area contributed by atoms with Crippen molar-refractivity contribution in [3.8, 4) is 0 Å². The minimum Gasteiger partial charge on any atom is -0.340 e. The summed E-state index contributed by atoms with van der Waals surface area (Å²) in [5.74, 6) is 0.263. The number of hydrogen-bond acceptors (Lipinski definition) is 4. The van der Waals surface area contributed by atoms with Crippen LogP contribution in [0, 0.1) is 0 Å². The first kappa shape index (κ1) is 17.6. The van der Waals surface area contributed by atoms with E-state index in [1.54, 1.807) is 0 Å². The normalized spacial score (nSPS) is 15.7. The molecule has 0 bridgehead atoms. The molecule has 1 aliphatic rings. The number of amides is 1. The Hall–Kier alpha value is -2.21. The third kappa shape index (κ3) is 4.07. The summed E-state index contributed by atoms with van der Waals surface area (Å²) in [5.41, 5.74) is 3.44. The third-order valence-corrected chi connectivity index (χ3v) is 4.80. The molecule has 3 rings (SSSR count). The number of aromatic amines is 1. The second-order valence-corrected chi connectivity index (χ2v) is 6.66. The van der Waals surface area contributed by atoms with Crippen LogP contribution in [-0.4, -0.2) is 51.9 Å². The first-order chi connectivity index (χ1) is 12.1. The smallest absolute Gasteiger partial charge is 0.251 e. The van der Waals surface area contributed by atoms with Crippen molar-refractivity contribution >= 4 is 16.9 Å². The van der Waals surface area contributed by atoms with E-state index < -0.39 is 0 Å². The van der Waals surface area contributed by atoms with Crippen LogP contribution in [0.15, 0.2) is 23.1 Å². The summed E-state index contributed by atoms with van der Waals surface area (Å²) in [6.07, 6.45) is 4.13. The van der Waals surface area contributed by atoms with E-state index in [2.05, 4.69) is 14.9 Å². The molecule has 0 spiro atoms. The van der Waals surface area contributed by atoms with Gasteiger partial charge in [0.1, 0.15) is 0 Å². The van der Waals surface area contributed by atoms with Gasteiger partial charge < -0.3 is 9.88 Å². The molecule has 0 atom stereocenters. The first-order valence-corrected chi connectivity index (χ1v) is 9.11. The van der Waals surface area contributed by atoms with Gasteiger partial charge in [-0.15, -0.1) is 0 Å². The molecule has 1 aliphatic heterocycles. The van der Waals surface area contributed by atoms with Gasteiger partial charge in [-0.2, -0.15) is 0 Å². The fourth-order valence-electron chi connectivity index (χ4n) is 3.30. The van der Waals surface area contributed by atoms with Crippen molar-refractivity contribution < 1.29 is 4.79 Å². The van der Waals surface area contributed by atoms with Crippen LogP contribution in [0.3, 0.4) is 0 Å². The number of pyridine rings is 2. The van der Waals surface area contributed by atoms with E-state index in [1.807, 2.05) is 37.1 Å². The molecule has 0 unspecified atom stereocenters. The van der Waals surface area contributed by atoms with Crippen LogP contribution in [0.5, 0.6) is 0 Å². The van der Waals surface area contributed by atoms with Crippen molar-refractivity contribution in [1.29, 1.82) is 0 Å². The number of piperazine rings is 1. The zero-order chi connectivity index (χ0) is 17.8. The first-order valence-electron chi connectivity index (χ1n) is 9.11. The van der Waals surface area contributed by atoms with Gasteiger partial charge in [-0.25, -0.2) is 0 Å². The molecule has 0 radical (unpaired) electrons. The molecule has 0 aromatic carbocycles. The SMILES string of the molecule is CCCC(=O)N1CCN(Cc2cnc3cc(CC)c(=O)[nH]c3c2)CC1. The number of carbonyl (C=O) groups is 1. The maximum Gasteiger partial charge on any atom is 0.251 e. The predicted molar refractivity (Wildman–Crippen MR) is 98.5 cm³/mol. The largest absolute Gasteiger partial charge is 0.340 e. The van der Waals surface area contributed by atoms with Gasteiger partial charge in [-0.1, -0.05) is 13.8 Å². The highest BCUT2D eigenvalue weighted by Gasteiger charge is 2.20. The van der Waals surface area contributed by atoms with Crippen LogP contribution in [0.25, 0.3) is 11.0 Å². The molecule has 1 saturated heterocycles. The summed E-state index contributed by atoms with van der Waals surface area (Å²) in [6, 6.07) is 3.88. The van der Waals surface area contributed by atoms with E-state index in [-0.39, 0.29) is 11.5 Å². The predicted octanol–water partition coefficient (Wildman–Crippen LogP) is 1.93. The van der Waals surface area contributed by atoms with Crippen LogP contribution < -0.4 is 5.56 Å². The summed E-state index contributed by atoms with van der Waals surface area (Å²) in [6.45, 7) is 8.12. The molecule has 6 nitrogen and oxygen atoms in total. The standard InChI is InChI=1S/C19H26N4O2/c1-3-5-18(24)23-8-6-22(7-9-23)13-14-10-17-16(20-12-14)11-15(4-2)19(25)21-17/h10-12H,3-9,13H2,1-2H3,(H,21,25). The van der Waals surface area contributed by atoms with Gasteiger partial charge in [-0.05, 0) is 30.5 Å². The monoisotopic (exact) mass is 342 g/mol. The molecule has 3 heterocycles. The fourth-order valence-corrected chi connectivity index (χ4v) is 3.30. The minimum absolute atomic E-state index is 0.0306. The Morgan fingerprint density at radius 3 is 2.64 bits per heavy atom. The van der Waals surface area contributed by atoms with Crippen molar-refractivity contribution in [2.75, 3.05) is 26.2 Å². The van der Waals surface area contributed by atoms with Gasteiger partial charge in [0.15, 0.2) is 0 Å². The number of nitrogens with zero attached hydrogens (tertiary/aromatic N) is 3. The molecule has 1 fully saturated rings. The van der Waals surface area contributed by atoms with Gasteiger partial charge in [-0.3, -0.25) is 19.5 Å². The molecule has 0 saturated carbocycles. The Labute approximate surface area is 147 Å². The lowest BCUT2D eigenvalue weighted by atomic mass is 10.1. The number of H-pyrrole nitrogens is 1. The van der Waals surface area contributed by atoms with E-state index in [9.17, 15) is 9.59 Å². The molecular weight excluding hydrogens is 316 g/mol. The van der Waals surface area contributed by atoms with Gasteiger partial charge in [0.2, 0.25) is 5.91 Å². The van der Waals surface area contributed by atoms with Crippen LogP contribution in [0.2, 0.25) is 0 Å². The number of carbonyl (C=O) groups excluding carboxylic acids is 1. The lowest BCUT2D eigenvalue weighted by molar-refractivity contribution is -0.133. The Morgan fingerprint density at radius 1 is 1.20 bits per heavy atom. The molecule has 134 valence electrons. The second-order valence-electron chi connectivity index (χ2n) is 6.66. The Balaban J connectivity index is 1.66. The molecular formula is C19H26N4O2. The average molecular weight is 342 g/mol. The maximum atomic E-state index is 12.0. The van der Waals surface area contributed by atoms with E-state index in [0.717, 1.165) is 61.3 Å². The molecule has 25 heavy (non-hydrogen) atoms. The van der Waals surface area contributed by atoms with Gasteiger partial charge in [0.05, 0.1) is 11.0 Å². The van der Waals surface area contributed by atoms with Crippen molar-refractivity contribution in [3.05, 3.63) is 39.8 Å². The summed E-state index contributed by atoms with van der Waals surface area (Å²) >= 11 is 0. The van der Waals surface area contributed by atoms with Crippen molar-refractivity contribution in [3.63, 3.8) is 0 Å². The van der Waals surface area contributed by atoms with Crippen LogP contribution >= 0.6 is 0 Å². The van der Waals surface area contributed by atoms with E-state index >= 15 is 0 Å². The molecule has 1 N–H and O–H groups in total. The van der Waals surface area contributed by atoms with Crippen LogP contribution in [0.1, 0.15) is 37.8 Å². The quantitative estimate of drug-likeness (QED) is 0.901. The minimum atomic E-state index is -0.0306. The van der Waals surface area contributed by atoms with E-state index in [0.29, 0.717) is 12.8 Å². The third-order valence-electron chi connectivity index (χ3n) is 4.80. The van der Waals surface area contributed by atoms with Crippen LogP contribution in [-0.2, 0) is 17.8 Å². The summed E-state index contributed by atoms with van der Waals surface area (Å²) in [7, 11) is 0. The molecule has 1 amide bonds. The van der Waals surface area contributed by atoms with Crippen molar-refractivity contribution in [1.82, 2.24) is 19.8 Å².